The van der Waals surface area contributed by atoms with Crippen LogP contribution in [0.5, 0.6) is 0 Å². The molecule has 0 amide bonds. The largest absolute Gasteiger partial charge is 0.481 e. The van der Waals surface area contributed by atoms with Crippen LogP contribution in [0.1, 0.15) is 18.4 Å². The summed E-state index contributed by atoms with van der Waals surface area (Å²) in [6.07, 6.45) is -0.661. The van der Waals surface area contributed by atoms with E-state index < -0.39 is 12.2 Å². The van der Waals surface area contributed by atoms with Gasteiger partial charge in [-0.3, -0.25) is 4.79 Å². The van der Waals surface area contributed by atoms with Crippen molar-refractivity contribution in [2.24, 2.45) is 0 Å². The number of aliphatic carboxylic acids is 1. The lowest BCUT2D eigenvalue weighted by Crippen LogP contribution is -2.19. The number of aliphatic hydroxyl groups excluding tert-OH is 1. The lowest BCUT2D eigenvalue weighted by atomic mass is 10.2. The molecule has 0 spiro atoms. The molecule has 0 aromatic heterocycles. The van der Waals surface area contributed by atoms with E-state index in [9.17, 15) is 9.90 Å². The van der Waals surface area contributed by atoms with Crippen LogP contribution in [0.4, 0.5) is 5.69 Å². The quantitative estimate of drug-likeness (QED) is 0.644. The van der Waals surface area contributed by atoms with Crippen LogP contribution in [0.2, 0.25) is 0 Å². The predicted octanol–water partition coefficient (Wildman–Crippen LogP) is 1.59. The van der Waals surface area contributed by atoms with Gasteiger partial charge in [-0.05, 0) is 24.6 Å². The summed E-state index contributed by atoms with van der Waals surface area (Å²) in [5.74, 6) is -0.903. The van der Waals surface area contributed by atoms with Gasteiger partial charge in [0.05, 0.1) is 0 Å². The number of nitrogens with one attached hydrogen (secondary N) is 1. The van der Waals surface area contributed by atoms with Gasteiger partial charge in [-0.25, -0.2) is 0 Å². The molecule has 0 aliphatic heterocycles. The van der Waals surface area contributed by atoms with Gasteiger partial charge in [0.1, 0.15) is 6.23 Å². The van der Waals surface area contributed by atoms with Crippen LogP contribution >= 0.6 is 0 Å². The molecule has 0 radical (unpaired) electrons. The summed E-state index contributed by atoms with van der Waals surface area (Å²) in [5, 5.41) is 20.7. The van der Waals surface area contributed by atoms with E-state index in [-0.39, 0.29) is 12.8 Å². The topological polar surface area (TPSA) is 69.6 Å². The Labute approximate surface area is 88.6 Å². The van der Waals surface area contributed by atoms with Crippen LogP contribution in [-0.4, -0.2) is 22.4 Å². The lowest BCUT2D eigenvalue weighted by Gasteiger charge is -2.13. The average Bonchev–Trinajstić information content (AvgIpc) is 2.15. The van der Waals surface area contributed by atoms with E-state index in [1.165, 1.54) is 0 Å². The Bertz CT molecular complexity index is 338. The van der Waals surface area contributed by atoms with E-state index >= 15 is 0 Å². The first-order valence-corrected chi connectivity index (χ1v) is 4.81. The standard InChI is InChI=1S/C11H15NO3/c1-8-3-2-4-9(7-8)12-10(13)5-6-11(14)15/h2-4,7,10,12-13H,5-6H2,1H3,(H,14,15). The number of aryl methyl sites for hydroxylation is 1. The molecule has 1 atom stereocenters. The molecule has 1 rings (SSSR count). The molecular weight excluding hydrogens is 194 g/mol. The molecule has 4 nitrogen and oxygen atoms in total. The van der Waals surface area contributed by atoms with Crippen molar-refractivity contribution < 1.29 is 15.0 Å². The third-order valence-electron chi connectivity index (χ3n) is 1.98. The molecule has 3 N–H and O–H groups in total. The number of aliphatic hydroxyl groups is 1. The smallest absolute Gasteiger partial charge is 0.303 e. The van der Waals surface area contributed by atoms with Crippen LogP contribution in [0, 0.1) is 6.92 Å². The third-order valence-corrected chi connectivity index (χ3v) is 1.98. The minimum atomic E-state index is -0.903. The summed E-state index contributed by atoms with van der Waals surface area (Å²) in [4.78, 5) is 10.3. The Morgan fingerprint density at radius 3 is 2.87 bits per heavy atom. The maximum Gasteiger partial charge on any atom is 0.303 e. The lowest BCUT2D eigenvalue weighted by molar-refractivity contribution is -0.137. The van der Waals surface area contributed by atoms with E-state index in [0.717, 1.165) is 11.3 Å². The van der Waals surface area contributed by atoms with Crippen molar-refractivity contribution in [3.63, 3.8) is 0 Å². The molecule has 82 valence electrons. The second kappa shape index (κ2) is 5.36. The van der Waals surface area contributed by atoms with Gasteiger partial charge in [0.15, 0.2) is 0 Å². The fourth-order valence-corrected chi connectivity index (χ4v) is 1.26. The molecule has 0 heterocycles. The van der Waals surface area contributed by atoms with E-state index in [1.807, 2.05) is 31.2 Å². The number of benzene rings is 1. The molecule has 1 unspecified atom stereocenters. The Morgan fingerprint density at radius 1 is 1.53 bits per heavy atom. The highest BCUT2D eigenvalue weighted by Gasteiger charge is 2.06. The molecule has 0 aliphatic rings. The van der Waals surface area contributed by atoms with Crippen molar-refractivity contribution in [2.45, 2.75) is 26.0 Å². The fourth-order valence-electron chi connectivity index (χ4n) is 1.26. The van der Waals surface area contributed by atoms with Crippen molar-refractivity contribution >= 4 is 11.7 Å². The van der Waals surface area contributed by atoms with Gasteiger partial charge in [0, 0.05) is 18.5 Å². The number of hydrogen-bond donors (Lipinski definition) is 3. The van der Waals surface area contributed by atoms with Gasteiger partial charge in [0.25, 0.3) is 0 Å². The first kappa shape index (κ1) is 11.5. The normalized spacial score (nSPS) is 12.1. The van der Waals surface area contributed by atoms with Crippen LogP contribution in [0.15, 0.2) is 24.3 Å². The van der Waals surface area contributed by atoms with E-state index in [0.29, 0.717) is 0 Å². The number of carboxylic acids is 1. The fraction of sp³-hybridized carbons (Fsp3) is 0.364. The van der Waals surface area contributed by atoms with E-state index in [2.05, 4.69) is 5.32 Å². The molecule has 0 bridgehead atoms. The zero-order valence-electron chi connectivity index (χ0n) is 8.60. The Hall–Kier alpha value is -1.55. The summed E-state index contributed by atoms with van der Waals surface area (Å²) in [7, 11) is 0. The minimum absolute atomic E-state index is 0.0417. The molecular formula is C11H15NO3. The molecule has 1 aromatic carbocycles. The van der Waals surface area contributed by atoms with Crippen molar-refractivity contribution in [1.82, 2.24) is 0 Å². The van der Waals surface area contributed by atoms with Crippen molar-refractivity contribution in [2.75, 3.05) is 5.32 Å². The highest BCUT2D eigenvalue weighted by atomic mass is 16.4. The van der Waals surface area contributed by atoms with Gasteiger partial charge >= 0.3 is 5.97 Å². The second-order valence-electron chi connectivity index (χ2n) is 3.46. The highest BCUT2D eigenvalue weighted by Crippen LogP contribution is 2.11. The van der Waals surface area contributed by atoms with Crippen molar-refractivity contribution in [1.29, 1.82) is 0 Å². The zero-order valence-corrected chi connectivity index (χ0v) is 8.60. The molecule has 0 aliphatic carbocycles. The summed E-state index contributed by atoms with van der Waals surface area (Å²) >= 11 is 0. The molecule has 0 saturated carbocycles. The van der Waals surface area contributed by atoms with E-state index in [4.69, 9.17) is 5.11 Å². The second-order valence-corrected chi connectivity index (χ2v) is 3.46. The average molecular weight is 209 g/mol. The Balaban J connectivity index is 2.44. The van der Waals surface area contributed by atoms with Gasteiger partial charge in [-0.2, -0.15) is 0 Å². The van der Waals surface area contributed by atoms with Crippen LogP contribution in [0.3, 0.4) is 0 Å². The summed E-state index contributed by atoms with van der Waals surface area (Å²) in [6.45, 7) is 1.95. The number of carboxylic acid groups (broad SMARTS) is 1. The molecule has 0 saturated heterocycles. The van der Waals surface area contributed by atoms with Crippen molar-refractivity contribution in [3.8, 4) is 0 Å². The number of anilines is 1. The third kappa shape index (κ3) is 4.46. The van der Waals surface area contributed by atoms with Gasteiger partial charge < -0.3 is 15.5 Å². The first-order valence-electron chi connectivity index (χ1n) is 4.81. The molecule has 1 aromatic rings. The van der Waals surface area contributed by atoms with Crippen LogP contribution in [0.25, 0.3) is 0 Å². The summed E-state index contributed by atoms with van der Waals surface area (Å²) in [6, 6.07) is 7.55. The number of rotatable bonds is 5. The van der Waals surface area contributed by atoms with Crippen LogP contribution in [-0.2, 0) is 4.79 Å². The van der Waals surface area contributed by atoms with Gasteiger partial charge in [-0.1, -0.05) is 12.1 Å². The predicted molar refractivity (Wildman–Crippen MR) is 57.7 cm³/mol. The summed E-state index contributed by atoms with van der Waals surface area (Å²) in [5.41, 5.74) is 1.89. The maximum atomic E-state index is 10.3. The zero-order chi connectivity index (χ0) is 11.3. The molecule has 15 heavy (non-hydrogen) atoms. The minimum Gasteiger partial charge on any atom is -0.481 e. The Kier molecular flexibility index (Phi) is 4.12. The number of carbonyl (C=O) groups is 1. The van der Waals surface area contributed by atoms with Crippen LogP contribution < -0.4 is 5.32 Å². The molecule has 0 fully saturated rings. The van der Waals surface area contributed by atoms with Gasteiger partial charge in [-0.15, -0.1) is 0 Å². The van der Waals surface area contributed by atoms with Crippen molar-refractivity contribution in [3.05, 3.63) is 29.8 Å². The first-order chi connectivity index (χ1) is 7.08. The molecule has 4 heteroatoms. The SMILES string of the molecule is Cc1cccc(NC(O)CCC(=O)O)c1. The maximum absolute atomic E-state index is 10.3. The van der Waals surface area contributed by atoms with E-state index in [1.54, 1.807) is 0 Å². The number of hydrogen-bond acceptors (Lipinski definition) is 3. The highest BCUT2D eigenvalue weighted by molar-refractivity contribution is 5.66. The Morgan fingerprint density at radius 2 is 2.27 bits per heavy atom. The monoisotopic (exact) mass is 209 g/mol. The van der Waals surface area contributed by atoms with Gasteiger partial charge in [0.2, 0.25) is 0 Å². The summed E-state index contributed by atoms with van der Waals surface area (Å²) < 4.78 is 0.